The van der Waals surface area contributed by atoms with E-state index in [-0.39, 0.29) is 11.7 Å². The number of carbonyl (C=O) groups is 1. The van der Waals surface area contributed by atoms with Gasteiger partial charge >= 0.3 is 0 Å². The number of halogens is 1. The van der Waals surface area contributed by atoms with Crippen LogP contribution in [0, 0.1) is 19.7 Å². The zero-order chi connectivity index (χ0) is 15.0. The number of para-hydroxylation sites is 1. The molecule has 21 heavy (non-hydrogen) atoms. The lowest BCUT2D eigenvalue weighted by Gasteiger charge is -2.08. The second kappa shape index (κ2) is 5.05. The molecule has 2 aromatic carbocycles. The van der Waals surface area contributed by atoms with Gasteiger partial charge in [0.2, 0.25) is 0 Å². The number of amides is 1. The van der Waals surface area contributed by atoms with Crippen molar-refractivity contribution in [3.05, 3.63) is 65.1 Å². The predicted molar refractivity (Wildman–Crippen MR) is 82.1 cm³/mol. The molecule has 0 unspecified atom stereocenters. The number of nitrogens with one attached hydrogen (secondary N) is 2. The van der Waals surface area contributed by atoms with Crippen LogP contribution in [0.3, 0.4) is 0 Å². The van der Waals surface area contributed by atoms with Gasteiger partial charge in [-0.1, -0.05) is 24.3 Å². The minimum atomic E-state index is -0.369. The molecule has 0 atom stereocenters. The molecule has 0 aliphatic heterocycles. The molecule has 0 saturated heterocycles. The van der Waals surface area contributed by atoms with Gasteiger partial charge in [-0.15, -0.1) is 0 Å². The van der Waals surface area contributed by atoms with Crippen molar-refractivity contribution in [3.63, 3.8) is 0 Å². The van der Waals surface area contributed by atoms with Crippen LogP contribution in [0.25, 0.3) is 10.9 Å². The molecular formula is C17H15FN2O. The average molecular weight is 282 g/mol. The van der Waals surface area contributed by atoms with Crippen molar-refractivity contribution in [1.29, 1.82) is 0 Å². The van der Waals surface area contributed by atoms with E-state index in [1.807, 2.05) is 38.1 Å². The number of aryl methyl sites for hydroxylation is 2. The van der Waals surface area contributed by atoms with Crippen LogP contribution in [-0.4, -0.2) is 10.9 Å². The molecule has 0 radical (unpaired) electrons. The van der Waals surface area contributed by atoms with Crippen molar-refractivity contribution in [2.45, 2.75) is 13.8 Å². The SMILES string of the molecule is Cc1ccc(F)cc1NC(=O)c1c(C)[nH]c2ccccc12. The van der Waals surface area contributed by atoms with Crippen LogP contribution in [0.4, 0.5) is 10.1 Å². The van der Waals surface area contributed by atoms with Gasteiger partial charge in [-0.25, -0.2) is 4.39 Å². The molecule has 0 aliphatic rings. The predicted octanol–water partition coefficient (Wildman–Crippen LogP) is 4.18. The Kier molecular flexibility index (Phi) is 3.22. The topological polar surface area (TPSA) is 44.9 Å². The van der Waals surface area contributed by atoms with E-state index in [2.05, 4.69) is 10.3 Å². The fourth-order valence-electron chi connectivity index (χ4n) is 2.48. The average Bonchev–Trinajstić information content (AvgIpc) is 2.78. The quantitative estimate of drug-likeness (QED) is 0.727. The Morgan fingerprint density at radius 2 is 1.90 bits per heavy atom. The lowest BCUT2D eigenvalue weighted by atomic mass is 10.1. The maximum Gasteiger partial charge on any atom is 0.258 e. The van der Waals surface area contributed by atoms with Crippen molar-refractivity contribution in [2.75, 3.05) is 5.32 Å². The van der Waals surface area contributed by atoms with Crippen LogP contribution in [0.1, 0.15) is 21.6 Å². The molecule has 3 aromatic rings. The minimum Gasteiger partial charge on any atom is -0.358 e. The van der Waals surface area contributed by atoms with Gasteiger partial charge in [0, 0.05) is 22.3 Å². The Hall–Kier alpha value is -2.62. The maximum absolute atomic E-state index is 13.3. The molecule has 1 heterocycles. The van der Waals surface area contributed by atoms with Gasteiger partial charge in [-0.3, -0.25) is 4.79 Å². The Morgan fingerprint density at radius 3 is 2.71 bits per heavy atom. The monoisotopic (exact) mass is 282 g/mol. The maximum atomic E-state index is 13.3. The molecule has 0 aliphatic carbocycles. The number of aromatic nitrogens is 1. The number of aromatic amines is 1. The first kappa shape index (κ1) is 13.4. The Morgan fingerprint density at radius 1 is 1.14 bits per heavy atom. The van der Waals surface area contributed by atoms with Gasteiger partial charge in [-0.2, -0.15) is 0 Å². The summed E-state index contributed by atoms with van der Waals surface area (Å²) in [5, 5.41) is 3.65. The fourth-order valence-corrected chi connectivity index (χ4v) is 2.48. The zero-order valence-corrected chi connectivity index (χ0v) is 11.8. The van der Waals surface area contributed by atoms with Crippen LogP contribution < -0.4 is 5.32 Å². The summed E-state index contributed by atoms with van der Waals surface area (Å²) >= 11 is 0. The molecule has 3 rings (SSSR count). The van der Waals surface area contributed by atoms with E-state index in [0.717, 1.165) is 22.2 Å². The number of anilines is 1. The van der Waals surface area contributed by atoms with Crippen molar-refractivity contribution in [2.24, 2.45) is 0 Å². The zero-order valence-electron chi connectivity index (χ0n) is 11.8. The van der Waals surface area contributed by atoms with Crippen molar-refractivity contribution in [3.8, 4) is 0 Å². The molecule has 2 N–H and O–H groups in total. The van der Waals surface area contributed by atoms with E-state index in [9.17, 15) is 9.18 Å². The molecular weight excluding hydrogens is 267 g/mol. The summed E-state index contributed by atoms with van der Waals surface area (Å²) in [5.41, 5.74) is 3.61. The van der Waals surface area contributed by atoms with Gasteiger partial charge in [0.15, 0.2) is 0 Å². The second-order valence-electron chi connectivity index (χ2n) is 5.08. The van der Waals surface area contributed by atoms with Crippen molar-refractivity contribution in [1.82, 2.24) is 4.98 Å². The molecule has 106 valence electrons. The Labute approximate surface area is 121 Å². The van der Waals surface area contributed by atoms with E-state index in [4.69, 9.17) is 0 Å². The van der Waals surface area contributed by atoms with E-state index in [1.54, 1.807) is 6.07 Å². The number of carbonyl (C=O) groups excluding carboxylic acids is 1. The van der Waals surface area contributed by atoms with E-state index in [1.165, 1.54) is 12.1 Å². The highest BCUT2D eigenvalue weighted by molar-refractivity contribution is 6.14. The summed E-state index contributed by atoms with van der Waals surface area (Å²) in [5.74, 6) is -0.606. The number of H-pyrrole nitrogens is 1. The molecule has 4 heteroatoms. The van der Waals surface area contributed by atoms with Crippen LogP contribution >= 0.6 is 0 Å². The number of rotatable bonds is 2. The second-order valence-corrected chi connectivity index (χ2v) is 5.08. The first-order valence-electron chi connectivity index (χ1n) is 6.71. The molecule has 1 amide bonds. The summed E-state index contributed by atoms with van der Waals surface area (Å²) in [6.07, 6.45) is 0. The lowest BCUT2D eigenvalue weighted by Crippen LogP contribution is -2.13. The first-order valence-corrected chi connectivity index (χ1v) is 6.71. The Balaban J connectivity index is 2.01. The fraction of sp³-hybridized carbons (Fsp3) is 0.118. The molecule has 1 aromatic heterocycles. The third kappa shape index (κ3) is 2.40. The van der Waals surface area contributed by atoms with Crippen LogP contribution in [0.15, 0.2) is 42.5 Å². The number of benzene rings is 2. The third-order valence-electron chi connectivity index (χ3n) is 3.57. The third-order valence-corrected chi connectivity index (χ3v) is 3.57. The summed E-state index contributed by atoms with van der Waals surface area (Å²) in [6.45, 7) is 3.69. The van der Waals surface area contributed by atoms with Gasteiger partial charge in [0.1, 0.15) is 5.82 Å². The van der Waals surface area contributed by atoms with Crippen LogP contribution in [0.5, 0.6) is 0 Å². The van der Waals surface area contributed by atoms with Gasteiger partial charge < -0.3 is 10.3 Å². The van der Waals surface area contributed by atoms with Gasteiger partial charge in [0.25, 0.3) is 5.91 Å². The summed E-state index contributed by atoms with van der Waals surface area (Å²) in [6, 6.07) is 12.0. The molecule has 0 spiro atoms. The summed E-state index contributed by atoms with van der Waals surface area (Å²) < 4.78 is 13.3. The van der Waals surface area contributed by atoms with E-state index in [0.29, 0.717) is 11.3 Å². The summed E-state index contributed by atoms with van der Waals surface area (Å²) in [4.78, 5) is 15.7. The number of fused-ring (bicyclic) bond motifs is 1. The highest BCUT2D eigenvalue weighted by Crippen LogP contribution is 2.24. The van der Waals surface area contributed by atoms with Gasteiger partial charge in [-0.05, 0) is 37.6 Å². The molecule has 0 saturated carbocycles. The molecule has 3 nitrogen and oxygen atoms in total. The largest absolute Gasteiger partial charge is 0.358 e. The Bertz CT molecular complexity index is 836. The molecule has 0 bridgehead atoms. The summed E-state index contributed by atoms with van der Waals surface area (Å²) in [7, 11) is 0. The van der Waals surface area contributed by atoms with Crippen molar-refractivity contribution < 1.29 is 9.18 Å². The van der Waals surface area contributed by atoms with E-state index < -0.39 is 0 Å². The van der Waals surface area contributed by atoms with Crippen molar-refractivity contribution >= 4 is 22.5 Å². The number of hydrogen-bond donors (Lipinski definition) is 2. The van der Waals surface area contributed by atoms with Crippen LogP contribution in [-0.2, 0) is 0 Å². The molecule has 0 fully saturated rings. The van der Waals surface area contributed by atoms with E-state index >= 15 is 0 Å². The highest BCUT2D eigenvalue weighted by atomic mass is 19.1. The minimum absolute atomic E-state index is 0.237. The lowest BCUT2D eigenvalue weighted by molar-refractivity contribution is 0.102. The highest BCUT2D eigenvalue weighted by Gasteiger charge is 2.16. The normalized spacial score (nSPS) is 10.8. The first-order chi connectivity index (χ1) is 10.1. The van der Waals surface area contributed by atoms with Crippen LogP contribution in [0.2, 0.25) is 0 Å². The van der Waals surface area contributed by atoms with Gasteiger partial charge in [0.05, 0.1) is 5.56 Å². The standard InChI is InChI=1S/C17H15FN2O/c1-10-7-8-12(18)9-15(10)20-17(21)16-11(2)19-14-6-4-3-5-13(14)16/h3-9,19H,1-2H3,(H,20,21). The number of hydrogen-bond acceptors (Lipinski definition) is 1. The smallest absolute Gasteiger partial charge is 0.258 e.